The average Bonchev–Trinajstić information content (AvgIpc) is 2.63. The SMILES string of the molecule is CCOC(=O)C(c1ccccc1)C(NC(=O)OC)c1ccccc1. The van der Waals surface area contributed by atoms with Crippen molar-refractivity contribution in [1.29, 1.82) is 0 Å². The molecule has 1 N–H and O–H groups in total. The molecule has 2 aromatic carbocycles. The first kappa shape index (κ1) is 17.5. The molecule has 2 unspecified atom stereocenters. The highest BCUT2D eigenvalue weighted by Crippen LogP contribution is 2.32. The van der Waals surface area contributed by atoms with Crippen LogP contribution in [-0.4, -0.2) is 25.8 Å². The summed E-state index contributed by atoms with van der Waals surface area (Å²) in [6, 6.07) is 18.0. The maximum atomic E-state index is 12.6. The zero-order valence-electron chi connectivity index (χ0n) is 13.8. The summed E-state index contributed by atoms with van der Waals surface area (Å²) in [5, 5.41) is 2.76. The maximum Gasteiger partial charge on any atom is 0.407 e. The molecule has 5 heteroatoms. The van der Waals surface area contributed by atoms with Crippen LogP contribution in [0.25, 0.3) is 0 Å². The number of alkyl carbamates (subject to hydrolysis) is 1. The molecular weight excluding hydrogens is 306 g/mol. The van der Waals surface area contributed by atoms with Crippen molar-refractivity contribution in [3.63, 3.8) is 0 Å². The molecule has 2 aromatic rings. The number of carbonyl (C=O) groups excluding carboxylic acids is 2. The summed E-state index contributed by atoms with van der Waals surface area (Å²) in [5.41, 5.74) is 1.56. The Morgan fingerprint density at radius 2 is 1.50 bits per heavy atom. The first-order chi connectivity index (χ1) is 11.7. The molecule has 5 nitrogen and oxygen atoms in total. The number of nitrogens with one attached hydrogen (secondary N) is 1. The number of hydrogen-bond donors (Lipinski definition) is 1. The van der Waals surface area contributed by atoms with Gasteiger partial charge in [0.2, 0.25) is 0 Å². The molecule has 1 amide bonds. The van der Waals surface area contributed by atoms with Crippen molar-refractivity contribution in [1.82, 2.24) is 5.32 Å². The van der Waals surface area contributed by atoms with E-state index in [4.69, 9.17) is 9.47 Å². The van der Waals surface area contributed by atoms with Crippen LogP contribution in [-0.2, 0) is 14.3 Å². The zero-order valence-corrected chi connectivity index (χ0v) is 13.8. The molecule has 0 aliphatic heterocycles. The third kappa shape index (κ3) is 4.35. The predicted molar refractivity (Wildman–Crippen MR) is 90.5 cm³/mol. The van der Waals surface area contributed by atoms with E-state index in [0.29, 0.717) is 0 Å². The predicted octanol–water partition coefficient (Wildman–Crippen LogP) is 3.43. The van der Waals surface area contributed by atoms with Crippen LogP contribution in [0.5, 0.6) is 0 Å². The van der Waals surface area contributed by atoms with Crippen molar-refractivity contribution in [2.24, 2.45) is 0 Å². The first-order valence-electron chi connectivity index (χ1n) is 7.78. The van der Waals surface area contributed by atoms with Crippen molar-refractivity contribution < 1.29 is 19.1 Å². The molecule has 0 aromatic heterocycles. The molecule has 0 aliphatic rings. The van der Waals surface area contributed by atoms with Crippen molar-refractivity contribution in [2.45, 2.75) is 18.9 Å². The van der Waals surface area contributed by atoms with E-state index in [2.05, 4.69) is 5.32 Å². The Labute approximate surface area is 141 Å². The van der Waals surface area contributed by atoms with Gasteiger partial charge in [0.1, 0.15) is 5.92 Å². The molecule has 0 spiro atoms. The van der Waals surface area contributed by atoms with E-state index in [0.717, 1.165) is 11.1 Å². The summed E-state index contributed by atoms with van der Waals surface area (Å²) in [6.07, 6.45) is -0.603. The molecule has 0 bridgehead atoms. The summed E-state index contributed by atoms with van der Waals surface area (Å²) in [4.78, 5) is 24.4. The lowest BCUT2D eigenvalue weighted by molar-refractivity contribution is -0.145. The second-order valence-electron chi connectivity index (χ2n) is 5.16. The topological polar surface area (TPSA) is 64.6 Å². The number of esters is 1. The number of benzene rings is 2. The van der Waals surface area contributed by atoms with Crippen LogP contribution < -0.4 is 5.32 Å². The van der Waals surface area contributed by atoms with E-state index < -0.39 is 24.0 Å². The fraction of sp³-hybridized carbons (Fsp3) is 0.263. The van der Waals surface area contributed by atoms with Crippen molar-refractivity contribution in [3.8, 4) is 0 Å². The smallest absolute Gasteiger partial charge is 0.407 e. The van der Waals surface area contributed by atoms with E-state index >= 15 is 0 Å². The Kier molecular flexibility index (Phi) is 6.37. The average molecular weight is 327 g/mol. The van der Waals surface area contributed by atoms with Gasteiger partial charge in [0.25, 0.3) is 0 Å². The quantitative estimate of drug-likeness (QED) is 0.826. The largest absolute Gasteiger partial charge is 0.465 e. The molecule has 2 atom stereocenters. The van der Waals surface area contributed by atoms with Crippen LogP contribution in [0, 0.1) is 0 Å². The molecule has 0 saturated carbocycles. The molecule has 0 saturated heterocycles. The maximum absolute atomic E-state index is 12.6. The lowest BCUT2D eigenvalue weighted by atomic mass is 9.87. The van der Waals surface area contributed by atoms with Gasteiger partial charge in [0.05, 0.1) is 19.8 Å². The highest BCUT2D eigenvalue weighted by molar-refractivity contribution is 5.81. The fourth-order valence-electron chi connectivity index (χ4n) is 2.56. The minimum Gasteiger partial charge on any atom is -0.465 e. The summed E-state index contributed by atoms with van der Waals surface area (Å²) >= 11 is 0. The third-order valence-corrected chi connectivity index (χ3v) is 3.65. The van der Waals surface area contributed by atoms with E-state index in [9.17, 15) is 9.59 Å². The molecule has 2 rings (SSSR count). The van der Waals surface area contributed by atoms with Gasteiger partial charge >= 0.3 is 12.1 Å². The molecule has 0 heterocycles. The van der Waals surface area contributed by atoms with Crippen molar-refractivity contribution in [2.75, 3.05) is 13.7 Å². The van der Waals surface area contributed by atoms with E-state index in [1.165, 1.54) is 7.11 Å². The normalized spacial score (nSPS) is 12.8. The minimum atomic E-state index is -0.673. The third-order valence-electron chi connectivity index (χ3n) is 3.65. The molecular formula is C19H21NO4. The second-order valence-corrected chi connectivity index (χ2v) is 5.16. The van der Waals surface area contributed by atoms with Crippen LogP contribution in [0.2, 0.25) is 0 Å². The van der Waals surface area contributed by atoms with Crippen LogP contribution in [0.4, 0.5) is 4.79 Å². The number of carbonyl (C=O) groups is 2. The Morgan fingerprint density at radius 3 is 2.00 bits per heavy atom. The number of ether oxygens (including phenoxy) is 2. The van der Waals surface area contributed by atoms with Crippen LogP contribution in [0.3, 0.4) is 0 Å². The van der Waals surface area contributed by atoms with Gasteiger partial charge in [-0.3, -0.25) is 4.79 Å². The lowest BCUT2D eigenvalue weighted by Crippen LogP contribution is -2.36. The van der Waals surface area contributed by atoms with Gasteiger partial charge in [-0.1, -0.05) is 60.7 Å². The monoisotopic (exact) mass is 327 g/mol. The van der Waals surface area contributed by atoms with Crippen molar-refractivity contribution >= 4 is 12.1 Å². The van der Waals surface area contributed by atoms with E-state index in [1.807, 2.05) is 60.7 Å². The summed E-state index contributed by atoms with van der Waals surface area (Å²) in [6.45, 7) is 2.02. The van der Waals surface area contributed by atoms with Gasteiger partial charge in [-0.2, -0.15) is 0 Å². The lowest BCUT2D eigenvalue weighted by Gasteiger charge is -2.27. The van der Waals surface area contributed by atoms with Gasteiger partial charge in [0, 0.05) is 0 Å². The molecule has 126 valence electrons. The molecule has 0 radical (unpaired) electrons. The van der Waals surface area contributed by atoms with Gasteiger partial charge in [-0.05, 0) is 18.1 Å². The zero-order chi connectivity index (χ0) is 17.4. The van der Waals surface area contributed by atoms with Gasteiger partial charge < -0.3 is 14.8 Å². The van der Waals surface area contributed by atoms with Gasteiger partial charge in [-0.15, -0.1) is 0 Å². The second kappa shape index (κ2) is 8.72. The number of amides is 1. The van der Waals surface area contributed by atoms with Gasteiger partial charge in [-0.25, -0.2) is 4.79 Å². The minimum absolute atomic E-state index is 0.266. The molecule has 0 aliphatic carbocycles. The Bertz CT molecular complexity index is 658. The molecule has 24 heavy (non-hydrogen) atoms. The fourth-order valence-corrected chi connectivity index (χ4v) is 2.56. The Morgan fingerprint density at radius 1 is 0.958 bits per heavy atom. The number of hydrogen-bond acceptors (Lipinski definition) is 4. The van der Waals surface area contributed by atoms with Crippen LogP contribution in [0.1, 0.15) is 30.0 Å². The summed E-state index contributed by atoms with van der Waals surface area (Å²) in [7, 11) is 1.29. The summed E-state index contributed by atoms with van der Waals surface area (Å²) in [5.74, 6) is -1.07. The standard InChI is InChI=1S/C19H21NO4/c1-3-24-18(21)16(14-10-6-4-7-11-14)17(20-19(22)23-2)15-12-8-5-9-13-15/h4-13,16-17H,3H2,1-2H3,(H,20,22). The Hall–Kier alpha value is -2.82. The molecule has 0 fully saturated rings. The number of rotatable bonds is 6. The Balaban J connectivity index is 2.47. The highest BCUT2D eigenvalue weighted by Gasteiger charge is 2.33. The number of methoxy groups -OCH3 is 1. The highest BCUT2D eigenvalue weighted by atomic mass is 16.5. The van der Waals surface area contributed by atoms with Crippen LogP contribution >= 0.6 is 0 Å². The van der Waals surface area contributed by atoms with Crippen LogP contribution in [0.15, 0.2) is 60.7 Å². The first-order valence-corrected chi connectivity index (χ1v) is 7.78. The van der Waals surface area contributed by atoms with Gasteiger partial charge in [0.15, 0.2) is 0 Å². The van der Waals surface area contributed by atoms with E-state index in [-0.39, 0.29) is 6.61 Å². The van der Waals surface area contributed by atoms with E-state index in [1.54, 1.807) is 6.92 Å². The van der Waals surface area contributed by atoms with Crippen molar-refractivity contribution in [3.05, 3.63) is 71.8 Å². The summed E-state index contributed by atoms with van der Waals surface area (Å²) < 4.78 is 9.97.